The van der Waals surface area contributed by atoms with E-state index in [2.05, 4.69) is 5.32 Å². The summed E-state index contributed by atoms with van der Waals surface area (Å²) in [6.45, 7) is 1.00. The van der Waals surface area contributed by atoms with Crippen molar-refractivity contribution in [3.63, 3.8) is 0 Å². The molecule has 0 atom stereocenters. The van der Waals surface area contributed by atoms with Crippen molar-refractivity contribution in [3.05, 3.63) is 23.2 Å². The van der Waals surface area contributed by atoms with Crippen molar-refractivity contribution in [2.24, 2.45) is 5.92 Å². The average molecular weight is 226 g/mol. The monoisotopic (exact) mass is 225 g/mol. The maximum atomic E-state index is 5.93. The summed E-state index contributed by atoms with van der Waals surface area (Å²) < 4.78 is 5.25. The van der Waals surface area contributed by atoms with Crippen molar-refractivity contribution in [2.75, 3.05) is 19.0 Å². The van der Waals surface area contributed by atoms with Crippen LogP contribution in [0.3, 0.4) is 0 Å². The number of anilines is 1. The maximum absolute atomic E-state index is 5.93. The molecule has 1 N–H and O–H groups in total. The largest absolute Gasteiger partial charge is 0.495 e. The quantitative estimate of drug-likeness (QED) is 0.828. The van der Waals surface area contributed by atoms with E-state index in [-0.39, 0.29) is 0 Å². The Hall–Kier alpha value is -0.890. The fourth-order valence-electron chi connectivity index (χ4n) is 1.64. The van der Waals surface area contributed by atoms with Gasteiger partial charge < -0.3 is 10.1 Å². The molecule has 1 fully saturated rings. The molecule has 0 aliphatic heterocycles. The highest BCUT2D eigenvalue weighted by Crippen LogP contribution is 2.33. The zero-order chi connectivity index (χ0) is 10.7. The van der Waals surface area contributed by atoms with Crippen LogP contribution >= 0.6 is 11.6 Å². The zero-order valence-electron chi connectivity index (χ0n) is 8.92. The van der Waals surface area contributed by atoms with Crippen LogP contribution in [0.25, 0.3) is 0 Å². The molecular formula is C12H16ClNO. The van der Waals surface area contributed by atoms with Crippen molar-refractivity contribution >= 4 is 17.3 Å². The molecule has 3 heteroatoms. The fourth-order valence-corrected chi connectivity index (χ4v) is 1.81. The molecule has 0 bridgehead atoms. The molecule has 1 aliphatic carbocycles. The van der Waals surface area contributed by atoms with Gasteiger partial charge in [-0.3, -0.25) is 0 Å². The summed E-state index contributed by atoms with van der Waals surface area (Å²) in [6.07, 6.45) is 4.04. The SMILES string of the molecule is COc1ccc(Cl)cc1NCCC1CC1. The molecule has 0 radical (unpaired) electrons. The summed E-state index contributed by atoms with van der Waals surface area (Å²) >= 11 is 5.93. The molecule has 0 aromatic heterocycles. The Labute approximate surface area is 95.6 Å². The van der Waals surface area contributed by atoms with Crippen LogP contribution in [-0.4, -0.2) is 13.7 Å². The third kappa shape index (κ3) is 3.03. The van der Waals surface area contributed by atoms with E-state index >= 15 is 0 Å². The molecule has 1 aromatic carbocycles. The molecule has 0 spiro atoms. The molecule has 0 amide bonds. The molecule has 0 unspecified atom stereocenters. The van der Waals surface area contributed by atoms with Crippen molar-refractivity contribution in [2.45, 2.75) is 19.3 Å². The Bertz CT molecular complexity index is 336. The minimum Gasteiger partial charge on any atom is -0.495 e. The van der Waals surface area contributed by atoms with E-state index < -0.39 is 0 Å². The first-order valence-electron chi connectivity index (χ1n) is 5.37. The molecule has 82 valence electrons. The molecule has 1 aliphatic rings. The van der Waals surface area contributed by atoms with Gasteiger partial charge in [-0.05, 0) is 30.5 Å². The van der Waals surface area contributed by atoms with Gasteiger partial charge in [0.2, 0.25) is 0 Å². The molecule has 0 heterocycles. The van der Waals surface area contributed by atoms with Crippen LogP contribution in [0.2, 0.25) is 5.02 Å². The Morgan fingerprint density at radius 2 is 2.27 bits per heavy atom. The molecule has 2 nitrogen and oxygen atoms in total. The minimum absolute atomic E-state index is 0.740. The molecule has 1 aromatic rings. The number of ether oxygens (including phenoxy) is 1. The van der Waals surface area contributed by atoms with Crippen LogP contribution in [0.5, 0.6) is 5.75 Å². The highest BCUT2D eigenvalue weighted by atomic mass is 35.5. The van der Waals surface area contributed by atoms with Crippen molar-refractivity contribution in [1.29, 1.82) is 0 Å². The van der Waals surface area contributed by atoms with Gasteiger partial charge in [-0.2, -0.15) is 0 Å². The van der Waals surface area contributed by atoms with Gasteiger partial charge in [-0.15, -0.1) is 0 Å². The van der Waals surface area contributed by atoms with Gasteiger partial charge in [0, 0.05) is 11.6 Å². The van der Waals surface area contributed by atoms with E-state index in [1.807, 2.05) is 18.2 Å². The van der Waals surface area contributed by atoms with Gasteiger partial charge in [-0.25, -0.2) is 0 Å². The van der Waals surface area contributed by atoms with Gasteiger partial charge in [0.1, 0.15) is 5.75 Å². The number of methoxy groups -OCH3 is 1. The summed E-state index contributed by atoms with van der Waals surface area (Å²) in [6, 6.07) is 5.64. The first-order valence-corrected chi connectivity index (χ1v) is 5.75. The smallest absolute Gasteiger partial charge is 0.142 e. The second kappa shape index (κ2) is 4.75. The van der Waals surface area contributed by atoms with Crippen LogP contribution < -0.4 is 10.1 Å². The van der Waals surface area contributed by atoms with Crippen molar-refractivity contribution in [3.8, 4) is 5.75 Å². The van der Waals surface area contributed by atoms with Crippen molar-refractivity contribution in [1.82, 2.24) is 0 Å². The Morgan fingerprint density at radius 3 is 2.93 bits per heavy atom. The highest BCUT2D eigenvalue weighted by Gasteiger charge is 2.20. The first kappa shape index (κ1) is 10.6. The van der Waals surface area contributed by atoms with E-state index in [0.29, 0.717) is 0 Å². The lowest BCUT2D eigenvalue weighted by atomic mass is 10.2. The van der Waals surface area contributed by atoms with E-state index in [9.17, 15) is 0 Å². The highest BCUT2D eigenvalue weighted by molar-refractivity contribution is 6.30. The van der Waals surface area contributed by atoms with E-state index in [1.54, 1.807) is 7.11 Å². The molecule has 1 saturated carbocycles. The van der Waals surface area contributed by atoms with E-state index in [0.717, 1.165) is 28.9 Å². The molecule has 15 heavy (non-hydrogen) atoms. The number of rotatable bonds is 5. The third-order valence-electron chi connectivity index (χ3n) is 2.73. The molecule has 0 saturated heterocycles. The lowest BCUT2D eigenvalue weighted by Gasteiger charge is -2.11. The van der Waals surface area contributed by atoms with Gasteiger partial charge in [0.15, 0.2) is 0 Å². The lowest BCUT2D eigenvalue weighted by Crippen LogP contribution is -2.03. The minimum atomic E-state index is 0.740. The molecular weight excluding hydrogens is 210 g/mol. The lowest BCUT2D eigenvalue weighted by molar-refractivity contribution is 0.416. The number of halogens is 1. The predicted octanol–water partition coefficient (Wildman–Crippen LogP) is 3.56. The summed E-state index contributed by atoms with van der Waals surface area (Å²) in [5.41, 5.74) is 0.991. The van der Waals surface area contributed by atoms with E-state index in [4.69, 9.17) is 16.3 Å². The van der Waals surface area contributed by atoms with Gasteiger partial charge in [-0.1, -0.05) is 24.4 Å². The van der Waals surface area contributed by atoms with Crippen LogP contribution in [0, 0.1) is 5.92 Å². The van der Waals surface area contributed by atoms with Crippen LogP contribution in [0.15, 0.2) is 18.2 Å². The standard InChI is InChI=1S/C12H16ClNO/c1-15-12-5-4-10(13)8-11(12)14-7-6-9-2-3-9/h4-5,8-9,14H,2-3,6-7H2,1H3. The normalized spacial score (nSPS) is 15.1. The van der Waals surface area contributed by atoms with Crippen LogP contribution in [0.4, 0.5) is 5.69 Å². The predicted molar refractivity (Wildman–Crippen MR) is 63.8 cm³/mol. The second-order valence-electron chi connectivity index (χ2n) is 4.00. The van der Waals surface area contributed by atoms with Gasteiger partial charge >= 0.3 is 0 Å². The zero-order valence-corrected chi connectivity index (χ0v) is 9.68. The van der Waals surface area contributed by atoms with Gasteiger partial charge in [0.25, 0.3) is 0 Å². The fraction of sp³-hybridized carbons (Fsp3) is 0.500. The Morgan fingerprint density at radius 1 is 1.47 bits per heavy atom. The van der Waals surface area contributed by atoms with Crippen LogP contribution in [0.1, 0.15) is 19.3 Å². The number of benzene rings is 1. The number of hydrogen-bond acceptors (Lipinski definition) is 2. The summed E-state index contributed by atoms with van der Waals surface area (Å²) in [5.74, 6) is 1.80. The first-order chi connectivity index (χ1) is 7.29. The maximum Gasteiger partial charge on any atom is 0.142 e. The van der Waals surface area contributed by atoms with E-state index in [1.165, 1.54) is 19.3 Å². The Balaban J connectivity index is 1.94. The number of hydrogen-bond donors (Lipinski definition) is 1. The average Bonchev–Trinajstić information content (AvgIpc) is 3.02. The third-order valence-corrected chi connectivity index (χ3v) is 2.96. The summed E-state index contributed by atoms with van der Waals surface area (Å²) in [5, 5.41) is 4.11. The Kier molecular flexibility index (Phi) is 3.37. The second-order valence-corrected chi connectivity index (χ2v) is 4.44. The summed E-state index contributed by atoms with van der Waals surface area (Å²) in [7, 11) is 1.68. The summed E-state index contributed by atoms with van der Waals surface area (Å²) in [4.78, 5) is 0. The topological polar surface area (TPSA) is 21.3 Å². The van der Waals surface area contributed by atoms with Gasteiger partial charge in [0.05, 0.1) is 12.8 Å². The van der Waals surface area contributed by atoms with Crippen LogP contribution in [-0.2, 0) is 0 Å². The number of nitrogens with one attached hydrogen (secondary N) is 1. The molecule has 2 rings (SSSR count). The van der Waals surface area contributed by atoms with Crippen molar-refractivity contribution < 1.29 is 4.74 Å².